The van der Waals surface area contributed by atoms with Gasteiger partial charge >= 0.3 is 0 Å². The maximum Gasteiger partial charge on any atom is 0.123 e. The van der Waals surface area contributed by atoms with Gasteiger partial charge in [-0.15, -0.1) is 0 Å². The van der Waals surface area contributed by atoms with Crippen LogP contribution >= 0.6 is 0 Å². The van der Waals surface area contributed by atoms with Gasteiger partial charge in [0.2, 0.25) is 0 Å². The van der Waals surface area contributed by atoms with E-state index < -0.39 is 5.97 Å². The second kappa shape index (κ2) is 6.48. The number of rotatable bonds is 3. The Hall–Kier alpha value is -2.55. The summed E-state index contributed by atoms with van der Waals surface area (Å²) in [5, 5.41) is 10.8. The molecular weight excluding hydrogens is 360 g/mol. The van der Waals surface area contributed by atoms with Crippen molar-refractivity contribution in [2.45, 2.75) is 63.7 Å². The molecule has 1 aliphatic carbocycles. The summed E-state index contributed by atoms with van der Waals surface area (Å²) in [6.45, 7) is 12.2. The molecule has 4 rings (SSSR count). The van der Waals surface area contributed by atoms with Crippen LogP contribution < -0.4 is 9.84 Å². The molecule has 3 nitrogen and oxygen atoms in total. The Morgan fingerprint density at radius 2 is 1.62 bits per heavy atom. The van der Waals surface area contributed by atoms with Crippen molar-refractivity contribution in [3.63, 3.8) is 0 Å². The molecular formula is C26H29O3-. The van der Waals surface area contributed by atoms with Crippen LogP contribution in [0.5, 0.6) is 5.75 Å². The second-order valence-corrected chi connectivity index (χ2v) is 10.1. The molecule has 0 N–H and O–H groups in total. The van der Waals surface area contributed by atoms with Crippen LogP contribution in [-0.2, 0) is 21.0 Å². The highest BCUT2D eigenvalue weighted by molar-refractivity contribution is 5.83. The van der Waals surface area contributed by atoms with E-state index in [0.29, 0.717) is 6.61 Å². The van der Waals surface area contributed by atoms with Gasteiger partial charge in [0.1, 0.15) is 12.4 Å². The molecule has 3 heteroatoms. The van der Waals surface area contributed by atoms with E-state index in [1.807, 2.05) is 18.2 Å². The zero-order valence-electron chi connectivity index (χ0n) is 18.0. The quantitative estimate of drug-likeness (QED) is 0.727. The van der Waals surface area contributed by atoms with Gasteiger partial charge in [0.25, 0.3) is 0 Å². The number of aliphatic carboxylic acids is 1. The average Bonchev–Trinajstić information content (AvgIpc) is 3.01. The lowest BCUT2D eigenvalue weighted by atomic mass is 9.62. The summed E-state index contributed by atoms with van der Waals surface area (Å²) in [5.74, 6) is -0.320. The van der Waals surface area contributed by atoms with Gasteiger partial charge in [-0.1, -0.05) is 58.0 Å². The Labute approximate surface area is 173 Å². The molecule has 0 saturated carbocycles. The third-order valence-electron chi connectivity index (χ3n) is 7.02. The molecule has 152 valence electrons. The molecule has 29 heavy (non-hydrogen) atoms. The summed E-state index contributed by atoms with van der Waals surface area (Å²) < 4.78 is 6.03. The number of carboxylic acids is 1. The van der Waals surface area contributed by atoms with Gasteiger partial charge in [-0.3, -0.25) is 0 Å². The number of ether oxygens (including phenoxy) is 1. The summed E-state index contributed by atoms with van der Waals surface area (Å²) in [4.78, 5) is 10.8. The third kappa shape index (κ3) is 3.27. The fraction of sp³-hybridized carbons (Fsp3) is 0.423. The van der Waals surface area contributed by atoms with Crippen LogP contribution in [0.4, 0.5) is 0 Å². The second-order valence-electron chi connectivity index (χ2n) is 10.1. The minimum absolute atomic E-state index is 0.151. The number of fused-ring (bicyclic) bond motifs is 2. The van der Waals surface area contributed by atoms with E-state index in [1.165, 1.54) is 29.5 Å². The highest BCUT2D eigenvalue weighted by atomic mass is 16.5. The lowest BCUT2D eigenvalue weighted by Gasteiger charge is -2.42. The van der Waals surface area contributed by atoms with Crippen LogP contribution in [0, 0.1) is 0 Å². The molecule has 0 bridgehead atoms. The average molecular weight is 390 g/mol. The number of hydrogen-bond donors (Lipinski definition) is 0. The Bertz CT molecular complexity index is 1010. The summed E-state index contributed by atoms with van der Waals surface area (Å²) in [7, 11) is 0. The first kappa shape index (κ1) is 19.8. The molecule has 1 unspecified atom stereocenters. The van der Waals surface area contributed by atoms with Gasteiger partial charge in [-0.2, -0.15) is 0 Å². The van der Waals surface area contributed by atoms with Crippen molar-refractivity contribution in [2.24, 2.45) is 0 Å². The number of carbonyl (C=O) groups excluding carboxylic acids is 1. The number of carboxylic acid groups (broad SMARTS) is 1. The standard InChI is InChI=1S/C26H30O3/c1-24(2)12-13-25(3,4)20-15-18(8-9-19(20)24)26(5)16-29-22-10-6-17(14-21(22)26)7-11-23(27)28/h6-11,14-15H,12-13,16H2,1-5H3,(H,27,28)/p-1/b11-7+. The highest BCUT2D eigenvalue weighted by Crippen LogP contribution is 2.49. The van der Waals surface area contributed by atoms with Crippen molar-refractivity contribution in [3.05, 3.63) is 70.3 Å². The van der Waals surface area contributed by atoms with E-state index in [1.54, 1.807) is 6.08 Å². The zero-order valence-corrected chi connectivity index (χ0v) is 18.0. The van der Waals surface area contributed by atoms with Crippen LogP contribution in [0.25, 0.3) is 6.08 Å². The normalized spacial score (nSPS) is 24.0. The molecule has 0 fully saturated rings. The van der Waals surface area contributed by atoms with Crippen molar-refractivity contribution in [1.82, 2.24) is 0 Å². The molecule has 0 spiro atoms. The predicted octanol–water partition coefficient (Wildman–Crippen LogP) is 4.50. The molecule has 0 aromatic heterocycles. The van der Waals surface area contributed by atoms with Crippen molar-refractivity contribution in [3.8, 4) is 5.75 Å². The van der Waals surface area contributed by atoms with E-state index in [4.69, 9.17) is 4.74 Å². The summed E-state index contributed by atoms with van der Waals surface area (Å²) >= 11 is 0. The van der Waals surface area contributed by atoms with Crippen LogP contribution in [0.1, 0.15) is 75.3 Å². The van der Waals surface area contributed by atoms with Crippen molar-refractivity contribution >= 4 is 12.0 Å². The fourth-order valence-electron chi connectivity index (χ4n) is 4.84. The third-order valence-corrected chi connectivity index (χ3v) is 7.02. The van der Waals surface area contributed by atoms with Crippen molar-refractivity contribution < 1.29 is 14.6 Å². The molecule has 2 aromatic carbocycles. The lowest BCUT2D eigenvalue weighted by Crippen LogP contribution is -2.35. The minimum atomic E-state index is -1.19. The smallest absolute Gasteiger partial charge is 0.123 e. The largest absolute Gasteiger partial charge is 0.545 e. The minimum Gasteiger partial charge on any atom is -0.545 e. The maximum atomic E-state index is 10.8. The molecule has 2 aromatic rings. The molecule has 1 heterocycles. The Kier molecular flexibility index (Phi) is 4.41. The van der Waals surface area contributed by atoms with Gasteiger partial charge in [0.15, 0.2) is 0 Å². The first-order valence-electron chi connectivity index (χ1n) is 10.3. The lowest BCUT2D eigenvalue weighted by molar-refractivity contribution is -0.297. The molecule has 0 amide bonds. The number of carbonyl (C=O) groups is 1. The predicted molar refractivity (Wildman–Crippen MR) is 114 cm³/mol. The molecule has 2 aliphatic rings. The van der Waals surface area contributed by atoms with Crippen LogP contribution in [0.2, 0.25) is 0 Å². The molecule has 1 aliphatic heterocycles. The van der Waals surface area contributed by atoms with Crippen LogP contribution in [-0.4, -0.2) is 12.6 Å². The highest BCUT2D eigenvalue weighted by Gasteiger charge is 2.41. The van der Waals surface area contributed by atoms with Crippen LogP contribution in [0.3, 0.4) is 0 Å². The van der Waals surface area contributed by atoms with Crippen molar-refractivity contribution in [2.75, 3.05) is 6.61 Å². The SMILES string of the molecule is CC1(C)CCC(C)(C)c2cc(C3(C)COc4ccc(/C=C/C(=O)[O-])cc43)ccc21. The monoisotopic (exact) mass is 389 g/mol. The summed E-state index contributed by atoms with van der Waals surface area (Å²) in [6.07, 6.45) is 5.02. The van der Waals surface area contributed by atoms with E-state index in [2.05, 4.69) is 52.8 Å². The van der Waals surface area contributed by atoms with E-state index in [0.717, 1.165) is 23.0 Å². The van der Waals surface area contributed by atoms with Crippen molar-refractivity contribution in [1.29, 1.82) is 0 Å². The van der Waals surface area contributed by atoms with Gasteiger partial charge in [0.05, 0.1) is 11.4 Å². The van der Waals surface area contributed by atoms with Gasteiger partial charge < -0.3 is 14.6 Å². The Morgan fingerprint density at radius 1 is 0.931 bits per heavy atom. The molecule has 0 radical (unpaired) electrons. The summed E-state index contributed by atoms with van der Waals surface area (Å²) in [6, 6.07) is 12.8. The maximum absolute atomic E-state index is 10.8. The van der Waals surface area contributed by atoms with E-state index in [-0.39, 0.29) is 16.2 Å². The van der Waals surface area contributed by atoms with Gasteiger partial charge in [0, 0.05) is 5.56 Å². The Morgan fingerprint density at radius 3 is 2.31 bits per heavy atom. The summed E-state index contributed by atoms with van der Waals surface area (Å²) in [5.41, 5.74) is 6.15. The Balaban J connectivity index is 1.81. The first-order valence-corrected chi connectivity index (χ1v) is 10.3. The zero-order chi connectivity index (χ0) is 21.0. The molecule has 0 saturated heterocycles. The number of benzene rings is 2. The first-order chi connectivity index (χ1) is 13.5. The topological polar surface area (TPSA) is 49.4 Å². The van der Waals surface area contributed by atoms with Gasteiger partial charge in [-0.25, -0.2) is 0 Å². The fourth-order valence-corrected chi connectivity index (χ4v) is 4.84. The molecule has 1 atom stereocenters. The van der Waals surface area contributed by atoms with Crippen LogP contribution in [0.15, 0.2) is 42.5 Å². The number of hydrogen-bond acceptors (Lipinski definition) is 3. The van der Waals surface area contributed by atoms with Gasteiger partial charge in [-0.05, 0) is 71.1 Å². The van der Waals surface area contributed by atoms with E-state index >= 15 is 0 Å². The van der Waals surface area contributed by atoms with E-state index in [9.17, 15) is 9.90 Å².